The van der Waals surface area contributed by atoms with E-state index in [2.05, 4.69) is 17.3 Å². The van der Waals surface area contributed by atoms with Gasteiger partial charge in [0.1, 0.15) is 29.0 Å². The summed E-state index contributed by atoms with van der Waals surface area (Å²) in [5.41, 5.74) is -0.356. The standard InChI is InChI=1S/C66H83FN6O15/c1-32-14-13-15-33(2)64(83)69-51-44(58(80)48-49(59(51)81)56(78)37(6)61-50(48)63(82)65(9,88-61)86-27-21-47(84-11)34(3)60(87-39(8)75)36(5)55(77)35(4)54(32)76)29-68-72-25-19-41(20-26-72)70(10)66(22-23-66)40-18-24-71(30-40)53-46(67)28-43-52(62(53)85-12)73(42-16-17-42)31-45(38(7)74)57(43)79/h13-15,21,27-29,31-32,34-36,40-42,47,54-55,60,76-78,80-81H,16-20,22-26,30H2,1-12H3,(H,69,83)/b14-13+,27-21+,33-15-,68-29+/t32-,34+,35+,36+,40?,47-,54-,55+,60+,65-/m0/s1. The summed E-state index contributed by atoms with van der Waals surface area (Å²) in [6.07, 6.45) is 12.2. The third-order valence-electron chi connectivity index (χ3n) is 19.8. The predicted octanol–water partition coefficient (Wildman–Crippen LogP) is 8.54. The van der Waals surface area contributed by atoms with Crippen LogP contribution in [0.3, 0.4) is 0 Å². The van der Waals surface area contributed by atoms with Crippen molar-refractivity contribution in [2.75, 3.05) is 57.7 Å². The van der Waals surface area contributed by atoms with Gasteiger partial charge in [0.25, 0.3) is 11.7 Å². The van der Waals surface area contributed by atoms with Crippen molar-refractivity contribution < 1.29 is 72.8 Å². The number of hydrazone groups is 1. The second-order valence-electron chi connectivity index (χ2n) is 25.4. The van der Waals surface area contributed by atoms with E-state index in [0.717, 1.165) is 32.1 Å². The number of piperidine rings is 1. The van der Waals surface area contributed by atoms with Crippen molar-refractivity contribution in [1.29, 1.82) is 0 Å². The van der Waals surface area contributed by atoms with Gasteiger partial charge in [0, 0.05) is 111 Å². The maximum Gasteiger partial charge on any atom is 0.312 e. The number of phenols is 3. The summed E-state index contributed by atoms with van der Waals surface area (Å²) in [6, 6.07) is 1.49. The van der Waals surface area contributed by atoms with Gasteiger partial charge < -0.3 is 64.0 Å². The molecular formula is C66H83FN6O15. The van der Waals surface area contributed by atoms with Crippen LogP contribution < -0.4 is 25.1 Å². The van der Waals surface area contributed by atoms with Crippen LogP contribution in [0.15, 0.2) is 58.3 Å². The molecule has 2 saturated carbocycles. The number of phenolic OH excluding ortho intramolecular Hbond substituents is 3. The fraction of sp³-hybridized carbons (Fsp3) is 0.545. The Balaban J connectivity index is 0.934. The molecule has 11 rings (SSSR count). The molecule has 21 nitrogen and oxygen atoms in total. The Bertz CT molecular complexity index is 3660. The van der Waals surface area contributed by atoms with E-state index in [1.165, 1.54) is 79.5 Å². The molecule has 6 heterocycles. The Morgan fingerprint density at radius 1 is 0.898 bits per heavy atom. The first-order chi connectivity index (χ1) is 41.7. The molecule has 88 heavy (non-hydrogen) atoms. The van der Waals surface area contributed by atoms with Gasteiger partial charge in [-0.2, -0.15) is 5.10 Å². The number of fused-ring (bicyclic) bond motifs is 15. The van der Waals surface area contributed by atoms with E-state index in [-0.39, 0.29) is 84.7 Å². The van der Waals surface area contributed by atoms with Gasteiger partial charge in [-0.3, -0.25) is 33.9 Å². The number of Topliss-reactive ketones (excluding diaryl/α,β-unsaturated/α-hetero) is 2. The van der Waals surface area contributed by atoms with Gasteiger partial charge in [0.2, 0.25) is 0 Å². The Morgan fingerprint density at radius 3 is 2.22 bits per heavy atom. The number of aromatic hydroxyl groups is 3. The highest BCUT2D eigenvalue weighted by molar-refractivity contribution is 6.24. The first kappa shape index (κ1) is 63.5. The average Bonchev–Trinajstić information content (AvgIpc) is 1.45. The van der Waals surface area contributed by atoms with Crippen LogP contribution in [0, 0.1) is 42.3 Å². The van der Waals surface area contributed by atoms with E-state index in [1.54, 1.807) is 46.0 Å². The number of nitrogens with one attached hydrogen (secondary N) is 1. The monoisotopic (exact) mass is 1220 g/mol. The van der Waals surface area contributed by atoms with Gasteiger partial charge in [0.15, 0.2) is 28.5 Å². The smallest absolute Gasteiger partial charge is 0.312 e. The molecule has 7 aliphatic rings. The van der Waals surface area contributed by atoms with Crippen molar-refractivity contribution in [3.8, 4) is 28.7 Å². The number of rotatable bonds is 11. The lowest BCUT2D eigenvalue weighted by atomic mass is 9.78. The van der Waals surface area contributed by atoms with Crippen LogP contribution >= 0.6 is 0 Å². The summed E-state index contributed by atoms with van der Waals surface area (Å²) < 4.78 is 48.3. The summed E-state index contributed by atoms with van der Waals surface area (Å²) in [5.74, 6) is -9.28. The van der Waals surface area contributed by atoms with Crippen LogP contribution in [0.1, 0.15) is 138 Å². The number of aliphatic hydroxyl groups excluding tert-OH is 2. The molecule has 2 aliphatic carbocycles. The summed E-state index contributed by atoms with van der Waals surface area (Å²) in [4.78, 5) is 72.1. The number of halogens is 1. The summed E-state index contributed by atoms with van der Waals surface area (Å²) in [6.45, 7) is 15.9. The van der Waals surface area contributed by atoms with Crippen LogP contribution in [0.2, 0.25) is 0 Å². The lowest BCUT2D eigenvalue weighted by molar-refractivity contribution is -0.160. The lowest BCUT2D eigenvalue weighted by Gasteiger charge is -2.42. The Kier molecular flexibility index (Phi) is 17.6. The molecule has 0 radical (unpaired) electrons. The van der Waals surface area contributed by atoms with Gasteiger partial charge in [-0.15, -0.1) is 0 Å². The minimum atomic E-state index is -2.11. The zero-order valence-corrected chi connectivity index (χ0v) is 52.2. The van der Waals surface area contributed by atoms with Crippen molar-refractivity contribution in [2.24, 2.45) is 34.7 Å². The van der Waals surface area contributed by atoms with Crippen LogP contribution in [-0.2, 0) is 23.8 Å². The third-order valence-corrected chi connectivity index (χ3v) is 19.8. The van der Waals surface area contributed by atoms with Crippen molar-refractivity contribution in [1.82, 2.24) is 14.5 Å². The number of esters is 1. The highest BCUT2D eigenvalue weighted by atomic mass is 19.1. The number of carbonyl (C=O) groups is 4. The molecule has 6 N–H and O–H groups in total. The van der Waals surface area contributed by atoms with Gasteiger partial charge in [-0.25, -0.2) is 4.39 Å². The molecule has 474 valence electrons. The maximum atomic E-state index is 16.5. The highest BCUT2D eigenvalue weighted by Gasteiger charge is 2.56. The molecule has 1 unspecified atom stereocenters. The largest absolute Gasteiger partial charge is 0.507 e. The number of aromatic nitrogens is 1. The molecule has 5 aliphatic heterocycles. The summed E-state index contributed by atoms with van der Waals surface area (Å²) in [5, 5.41) is 68.8. The number of allylic oxidation sites excluding steroid dienone is 2. The molecule has 2 saturated heterocycles. The third kappa shape index (κ3) is 11.3. The second kappa shape index (κ2) is 24.5. The number of hydrogen-bond donors (Lipinski definition) is 6. The van der Waals surface area contributed by atoms with Crippen LogP contribution in [0.4, 0.5) is 15.8 Å². The van der Waals surface area contributed by atoms with E-state index in [1.807, 2.05) is 14.5 Å². The van der Waals surface area contributed by atoms with Crippen molar-refractivity contribution >= 4 is 62.7 Å². The first-order valence-electron chi connectivity index (χ1n) is 30.5. The van der Waals surface area contributed by atoms with E-state index in [9.17, 15) is 49.5 Å². The normalized spacial score (nSPS) is 29.3. The van der Waals surface area contributed by atoms with Crippen molar-refractivity contribution in [3.63, 3.8) is 0 Å². The number of carbonyl (C=O) groups excluding carboxylic acids is 4. The van der Waals surface area contributed by atoms with Crippen molar-refractivity contribution in [3.05, 3.63) is 86.7 Å². The average molecular weight is 1220 g/mol. The van der Waals surface area contributed by atoms with Gasteiger partial charge in [0.05, 0.1) is 76.6 Å². The molecule has 1 amide bonds. The van der Waals surface area contributed by atoms with Gasteiger partial charge in [-0.05, 0) is 90.8 Å². The Hall–Kier alpha value is -7.53. The Labute approximate surface area is 511 Å². The number of ether oxygens (including phenoxy) is 5. The number of hydrogen-bond acceptors (Lipinski definition) is 19. The molecule has 0 spiro atoms. The minimum absolute atomic E-state index is 0.0234. The first-order valence-corrected chi connectivity index (χ1v) is 30.5. The van der Waals surface area contributed by atoms with Crippen molar-refractivity contribution in [2.45, 2.75) is 155 Å². The van der Waals surface area contributed by atoms with Gasteiger partial charge in [-0.1, -0.05) is 45.9 Å². The molecule has 1 aromatic heterocycles. The zero-order valence-electron chi connectivity index (χ0n) is 52.2. The summed E-state index contributed by atoms with van der Waals surface area (Å²) >= 11 is 0. The Morgan fingerprint density at radius 2 is 1.59 bits per heavy atom. The number of amides is 1. The molecule has 4 aromatic rings. The lowest BCUT2D eigenvalue weighted by Crippen LogP contribution is -2.50. The summed E-state index contributed by atoms with van der Waals surface area (Å²) in [7, 11) is 5.07. The number of ketones is 2. The minimum Gasteiger partial charge on any atom is -0.507 e. The maximum absolute atomic E-state index is 16.5. The number of aliphatic hydroxyl groups is 2. The van der Waals surface area contributed by atoms with E-state index in [0.29, 0.717) is 56.0 Å². The van der Waals surface area contributed by atoms with Crippen LogP contribution in [-0.4, -0.2) is 159 Å². The second-order valence-corrected chi connectivity index (χ2v) is 25.4. The molecule has 10 atom stereocenters. The predicted molar refractivity (Wildman–Crippen MR) is 329 cm³/mol. The van der Waals surface area contributed by atoms with Crippen LogP contribution in [0.25, 0.3) is 21.7 Å². The molecule has 3 aromatic carbocycles. The number of methoxy groups -OCH3 is 2. The van der Waals surface area contributed by atoms with Gasteiger partial charge >= 0.3 is 11.8 Å². The zero-order chi connectivity index (χ0) is 63.7. The number of pyridine rings is 1. The van der Waals surface area contributed by atoms with E-state index < -0.39 is 100 Å². The fourth-order valence-electron chi connectivity index (χ4n) is 14.1. The SMILES string of the molecule is COc1c(N2CCC(C3(N(C)C4CCN(/N=C/c5c6c(O)c7c(O)c(C)c8c(c7c5O)C(=O)[C@@](C)(O/C=C/[C@H](OC)[C@@H](C)[C@@H](OC(C)=O)[C@H](C)[C@H](O)[C@H](C)[C@@H](O)[C@@H](C)/C=C/C=C(/C)C(=O)N6)O8)CC4)CC3)C2)c(F)cc2c(=O)c(C(C)=O)cn(C3CC3)c12. The molecular weight excluding hydrogens is 1140 g/mol. The quantitative estimate of drug-likeness (QED) is 0.0270. The molecule has 22 heteroatoms. The number of benzene rings is 3. The molecule has 5 bridgehead atoms. The van der Waals surface area contributed by atoms with Crippen LogP contribution in [0.5, 0.6) is 28.7 Å². The number of anilines is 2. The fourth-order valence-corrected chi connectivity index (χ4v) is 14.1. The topological polar surface area (TPSA) is 272 Å². The highest BCUT2D eigenvalue weighted by Crippen LogP contribution is 2.56. The number of nitrogens with zero attached hydrogens (tertiary/aromatic N) is 5. The van der Waals surface area contributed by atoms with E-state index in [4.69, 9.17) is 28.8 Å². The molecule has 4 fully saturated rings. The van der Waals surface area contributed by atoms with E-state index >= 15 is 4.39 Å².